The number of nitriles is 1. The molecule has 25 heavy (non-hydrogen) atoms. The quantitative estimate of drug-likeness (QED) is 0.767. The van der Waals surface area contributed by atoms with E-state index in [4.69, 9.17) is 26.4 Å². The van der Waals surface area contributed by atoms with Crippen molar-refractivity contribution in [1.29, 1.82) is 5.26 Å². The van der Waals surface area contributed by atoms with Crippen LogP contribution >= 0.6 is 12.2 Å². The van der Waals surface area contributed by atoms with Crippen molar-refractivity contribution >= 4 is 22.9 Å². The minimum atomic E-state index is -0.379. The van der Waals surface area contributed by atoms with E-state index in [0.29, 0.717) is 22.2 Å². The maximum atomic E-state index is 9.49. The van der Waals surface area contributed by atoms with Gasteiger partial charge in [0, 0.05) is 5.56 Å². The largest absolute Gasteiger partial charge is 0.493 e. The average molecular weight is 356 g/mol. The van der Waals surface area contributed by atoms with Crippen molar-refractivity contribution in [3.8, 4) is 23.3 Å². The van der Waals surface area contributed by atoms with E-state index in [1.54, 1.807) is 21.3 Å². The maximum Gasteiger partial charge on any atom is 0.203 e. The minimum absolute atomic E-state index is 0.379. The molecule has 2 aliphatic rings. The zero-order valence-electron chi connectivity index (χ0n) is 14.6. The van der Waals surface area contributed by atoms with Crippen molar-refractivity contribution in [1.82, 2.24) is 0 Å². The summed E-state index contributed by atoms with van der Waals surface area (Å²) in [4.78, 5) is 5.05. The highest BCUT2D eigenvalue weighted by Crippen LogP contribution is 2.41. The van der Waals surface area contributed by atoms with Crippen LogP contribution in [0.5, 0.6) is 17.2 Å². The number of rotatable bonds is 4. The Balaban J connectivity index is 2.17. The molecule has 0 aromatic heterocycles. The first kappa shape index (κ1) is 17.4. The predicted octanol–water partition coefficient (Wildman–Crippen LogP) is 3.85. The van der Waals surface area contributed by atoms with Gasteiger partial charge >= 0.3 is 0 Å². The van der Waals surface area contributed by atoms with Gasteiger partial charge in [0.2, 0.25) is 5.75 Å². The number of allylic oxidation sites excluding steroid dienone is 1. The van der Waals surface area contributed by atoms with Crippen LogP contribution in [0.25, 0.3) is 0 Å². The Bertz CT molecular complexity index is 795. The highest BCUT2D eigenvalue weighted by Gasteiger charge is 2.32. The Labute approximate surface area is 152 Å². The lowest BCUT2D eigenvalue weighted by atomic mass is 9.79. The molecule has 0 N–H and O–H groups in total. The summed E-state index contributed by atoms with van der Waals surface area (Å²) in [6.45, 7) is 0. The van der Waals surface area contributed by atoms with Gasteiger partial charge in [-0.15, -0.1) is 0 Å². The first-order valence-corrected chi connectivity index (χ1v) is 8.60. The summed E-state index contributed by atoms with van der Waals surface area (Å²) in [5.41, 5.74) is 3.95. The Morgan fingerprint density at radius 3 is 2.28 bits per heavy atom. The monoisotopic (exact) mass is 356 g/mol. The van der Waals surface area contributed by atoms with Gasteiger partial charge in [-0.1, -0.05) is 12.2 Å². The van der Waals surface area contributed by atoms with Crippen LogP contribution in [0.2, 0.25) is 0 Å². The highest BCUT2D eigenvalue weighted by atomic mass is 32.1. The number of ether oxygens (including phenoxy) is 3. The zero-order chi connectivity index (χ0) is 18.0. The first-order valence-electron chi connectivity index (χ1n) is 8.19. The summed E-state index contributed by atoms with van der Waals surface area (Å²) >= 11 is 5.41. The summed E-state index contributed by atoms with van der Waals surface area (Å²) < 4.78 is 16.3. The van der Waals surface area contributed by atoms with Gasteiger partial charge in [-0.25, -0.2) is 4.99 Å². The number of hydrogen-bond donors (Lipinski definition) is 0. The third-order valence-corrected chi connectivity index (χ3v) is 5.01. The van der Waals surface area contributed by atoms with Gasteiger partial charge in [-0.3, -0.25) is 0 Å². The summed E-state index contributed by atoms with van der Waals surface area (Å²) in [6.07, 6.45) is 3.98. The lowest BCUT2D eigenvalue weighted by molar-refractivity contribution is 0.324. The van der Waals surface area contributed by atoms with E-state index in [9.17, 15) is 5.26 Å². The van der Waals surface area contributed by atoms with Crippen LogP contribution in [0.3, 0.4) is 0 Å². The molecule has 0 spiro atoms. The van der Waals surface area contributed by atoms with Crippen LogP contribution in [-0.2, 0) is 0 Å². The second kappa shape index (κ2) is 7.24. The number of aliphatic imine (C=N–C) groups is 1. The van der Waals surface area contributed by atoms with E-state index in [-0.39, 0.29) is 5.92 Å². The Morgan fingerprint density at radius 1 is 1.08 bits per heavy atom. The zero-order valence-corrected chi connectivity index (χ0v) is 15.4. The smallest absolute Gasteiger partial charge is 0.203 e. The fraction of sp³-hybridized carbons (Fsp3) is 0.421. The van der Waals surface area contributed by atoms with Crippen LogP contribution in [0.4, 0.5) is 0 Å². The minimum Gasteiger partial charge on any atom is -0.493 e. The van der Waals surface area contributed by atoms with E-state index in [2.05, 4.69) is 11.1 Å². The Kier molecular flexibility index (Phi) is 5.05. The van der Waals surface area contributed by atoms with E-state index in [1.807, 2.05) is 12.1 Å². The molecule has 0 fully saturated rings. The molecule has 1 heterocycles. The van der Waals surface area contributed by atoms with E-state index in [0.717, 1.165) is 48.1 Å². The van der Waals surface area contributed by atoms with Gasteiger partial charge in [0.15, 0.2) is 11.5 Å². The number of hydrogen-bond acceptors (Lipinski definition) is 5. The topological polar surface area (TPSA) is 63.8 Å². The molecule has 5 nitrogen and oxygen atoms in total. The molecule has 0 bridgehead atoms. The standard InChI is InChI=1S/C19H20N2O3S/c1-22-15-8-11(9-16(23-2)18(15)24-3)17-13-7-5-4-6-12(13)14(10-20)19(25)21-17/h8-9,14H,4-7H2,1-3H3. The molecule has 1 atom stereocenters. The normalized spacial score (nSPS) is 19.7. The summed E-state index contributed by atoms with van der Waals surface area (Å²) in [6, 6.07) is 6.08. The van der Waals surface area contributed by atoms with Gasteiger partial charge in [0.1, 0.15) is 10.9 Å². The summed E-state index contributed by atoms with van der Waals surface area (Å²) in [5, 5.41) is 9.49. The van der Waals surface area contributed by atoms with Gasteiger partial charge < -0.3 is 14.2 Å². The lowest BCUT2D eigenvalue weighted by Crippen LogP contribution is -2.26. The molecule has 130 valence electrons. The number of nitrogens with zero attached hydrogens (tertiary/aromatic N) is 2. The third-order valence-electron chi connectivity index (χ3n) is 4.68. The molecular formula is C19H20N2O3S. The highest BCUT2D eigenvalue weighted by molar-refractivity contribution is 7.80. The molecule has 0 radical (unpaired) electrons. The molecule has 1 unspecified atom stereocenters. The molecule has 3 rings (SSSR count). The SMILES string of the molecule is COc1cc(C2=NC(=S)C(C#N)C3=C2CCCC3)cc(OC)c1OC. The molecular weight excluding hydrogens is 336 g/mol. The van der Waals surface area contributed by atoms with Gasteiger partial charge in [-0.05, 0) is 49.0 Å². The van der Waals surface area contributed by atoms with Crippen molar-refractivity contribution in [2.45, 2.75) is 25.7 Å². The number of benzene rings is 1. The number of dihydropyridines is 1. The second-order valence-corrected chi connectivity index (χ2v) is 6.40. The van der Waals surface area contributed by atoms with Gasteiger partial charge in [-0.2, -0.15) is 5.26 Å². The predicted molar refractivity (Wildman–Crippen MR) is 99.8 cm³/mol. The molecule has 6 heteroatoms. The van der Waals surface area contributed by atoms with Gasteiger partial charge in [0.25, 0.3) is 0 Å². The molecule has 0 amide bonds. The lowest BCUT2D eigenvalue weighted by Gasteiger charge is -2.29. The van der Waals surface area contributed by atoms with Crippen LogP contribution < -0.4 is 14.2 Å². The number of thiocarbonyl (C=S) groups is 1. The Hall–Kier alpha value is -2.39. The first-order chi connectivity index (χ1) is 12.1. The van der Waals surface area contributed by atoms with Crippen LogP contribution in [0.15, 0.2) is 28.3 Å². The van der Waals surface area contributed by atoms with E-state index < -0.39 is 0 Å². The number of methoxy groups -OCH3 is 3. The molecule has 0 saturated heterocycles. The molecule has 1 aromatic carbocycles. The second-order valence-electron chi connectivity index (χ2n) is 5.99. The Morgan fingerprint density at radius 2 is 1.72 bits per heavy atom. The van der Waals surface area contributed by atoms with E-state index in [1.165, 1.54) is 0 Å². The fourth-order valence-corrected chi connectivity index (χ4v) is 3.78. The van der Waals surface area contributed by atoms with Gasteiger partial charge in [0.05, 0.1) is 33.1 Å². The fourth-order valence-electron chi connectivity index (χ4n) is 3.50. The van der Waals surface area contributed by atoms with Crippen molar-refractivity contribution < 1.29 is 14.2 Å². The van der Waals surface area contributed by atoms with Crippen molar-refractivity contribution in [2.24, 2.45) is 10.9 Å². The molecule has 1 aliphatic heterocycles. The molecule has 1 aromatic rings. The molecule has 0 saturated carbocycles. The van der Waals surface area contributed by atoms with Crippen molar-refractivity contribution in [3.63, 3.8) is 0 Å². The van der Waals surface area contributed by atoms with Crippen LogP contribution in [-0.4, -0.2) is 32.0 Å². The molecule has 1 aliphatic carbocycles. The maximum absolute atomic E-state index is 9.49. The van der Waals surface area contributed by atoms with Crippen molar-refractivity contribution in [2.75, 3.05) is 21.3 Å². The summed E-state index contributed by atoms with van der Waals surface area (Å²) in [5.74, 6) is 1.31. The third kappa shape index (κ3) is 3.00. The van der Waals surface area contributed by atoms with Crippen LogP contribution in [0.1, 0.15) is 31.2 Å². The summed E-state index contributed by atoms with van der Waals surface area (Å²) in [7, 11) is 4.75. The average Bonchev–Trinajstić information content (AvgIpc) is 2.66. The van der Waals surface area contributed by atoms with E-state index >= 15 is 0 Å². The van der Waals surface area contributed by atoms with Crippen LogP contribution in [0, 0.1) is 17.2 Å². The van der Waals surface area contributed by atoms with Crippen molar-refractivity contribution in [3.05, 3.63) is 28.8 Å².